The zero-order chi connectivity index (χ0) is 18.2. The molecule has 0 aromatic carbocycles. The number of aryl methyl sites for hydroxylation is 1. The fourth-order valence-corrected chi connectivity index (χ4v) is 3.03. The molecule has 26 heavy (non-hydrogen) atoms. The average molecular weight is 395 g/mol. The highest BCUT2D eigenvalue weighted by Gasteiger charge is 2.30. The first-order valence-corrected chi connectivity index (χ1v) is 8.07. The molecule has 7 nitrogen and oxygen atoms in total. The molecule has 1 aliphatic rings. The molecule has 0 aliphatic carbocycles. The molecular weight excluding hydrogens is 373 g/mol. The predicted octanol–water partition coefficient (Wildman–Crippen LogP) is 2.03. The molecule has 2 aromatic heterocycles. The molecule has 2 aromatic rings. The molecule has 1 unspecified atom stereocenters. The van der Waals surface area contributed by atoms with E-state index < -0.39 is 12.7 Å². The second kappa shape index (κ2) is 7.93. The van der Waals surface area contributed by atoms with Crippen LogP contribution in [0.4, 0.5) is 13.2 Å². The SMILES string of the molecule is Cc1nn(CC(F)(F)F)c(C)c1Cc1nc(C2CNCCN2C)no1.Cl. The molecule has 146 valence electrons. The summed E-state index contributed by atoms with van der Waals surface area (Å²) in [6.07, 6.45) is -4.04. The van der Waals surface area contributed by atoms with Crippen LogP contribution in [0.15, 0.2) is 4.52 Å². The van der Waals surface area contributed by atoms with Crippen molar-refractivity contribution in [1.29, 1.82) is 0 Å². The number of aromatic nitrogens is 4. The second-order valence-corrected chi connectivity index (χ2v) is 6.35. The van der Waals surface area contributed by atoms with E-state index in [0.717, 1.165) is 24.3 Å². The third-order valence-corrected chi connectivity index (χ3v) is 4.48. The van der Waals surface area contributed by atoms with E-state index in [2.05, 4.69) is 25.5 Å². The minimum absolute atomic E-state index is 0. The van der Waals surface area contributed by atoms with Crippen LogP contribution >= 0.6 is 12.4 Å². The summed E-state index contributed by atoms with van der Waals surface area (Å²) >= 11 is 0. The van der Waals surface area contributed by atoms with Gasteiger partial charge in [-0.05, 0) is 20.9 Å². The van der Waals surface area contributed by atoms with Crippen molar-refractivity contribution < 1.29 is 17.7 Å². The van der Waals surface area contributed by atoms with Gasteiger partial charge in [-0.2, -0.15) is 23.3 Å². The number of nitrogens with zero attached hydrogens (tertiary/aromatic N) is 5. The van der Waals surface area contributed by atoms with Gasteiger partial charge in [0.15, 0.2) is 5.82 Å². The quantitative estimate of drug-likeness (QED) is 0.855. The number of hydrogen-bond acceptors (Lipinski definition) is 6. The number of halogens is 4. The molecule has 0 amide bonds. The Kier molecular flexibility index (Phi) is 6.30. The van der Waals surface area contributed by atoms with Gasteiger partial charge < -0.3 is 9.84 Å². The van der Waals surface area contributed by atoms with E-state index in [1.54, 1.807) is 13.8 Å². The molecule has 1 N–H and O–H groups in total. The summed E-state index contributed by atoms with van der Waals surface area (Å²) in [5.41, 5.74) is 1.69. The molecule has 1 saturated heterocycles. The Labute approximate surface area is 155 Å². The van der Waals surface area contributed by atoms with Crippen LogP contribution in [-0.4, -0.2) is 57.7 Å². The van der Waals surface area contributed by atoms with Crippen LogP contribution in [0, 0.1) is 13.8 Å². The van der Waals surface area contributed by atoms with E-state index >= 15 is 0 Å². The Morgan fingerprint density at radius 1 is 1.31 bits per heavy atom. The molecule has 0 saturated carbocycles. The van der Waals surface area contributed by atoms with Gasteiger partial charge in [0.1, 0.15) is 6.54 Å². The Morgan fingerprint density at radius 3 is 2.69 bits per heavy atom. The first-order valence-electron chi connectivity index (χ1n) is 8.07. The van der Waals surface area contributed by atoms with Crippen molar-refractivity contribution in [2.75, 3.05) is 26.7 Å². The van der Waals surface area contributed by atoms with E-state index in [1.165, 1.54) is 0 Å². The Bertz CT molecular complexity index is 744. The van der Waals surface area contributed by atoms with Gasteiger partial charge in [-0.25, -0.2) is 0 Å². The van der Waals surface area contributed by atoms with E-state index in [1.807, 2.05) is 7.05 Å². The third kappa shape index (κ3) is 4.54. The number of likely N-dealkylation sites (N-methyl/N-ethyl adjacent to an activating group) is 1. The normalized spacial score (nSPS) is 18.8. The number of nitrogens with one attached hydrogen (secondary N) is 1. The van der Waals surface area contributed by atoms with Crippen LogP contribution < -0.4 is 5.32 Å². The fourth-order valence-electron chi connectivity index (χ4n) is 3.03. The molecule has 1 fully saturated rings. The number of piperazine rings is 1. The first-order chi connectivity index (χ1) is 11.7. The lowest BCUT2D eigenvalue weighted by atomic mass is 10.1. The summed E-state index contributed by atoms with van der Waals surface area (Å²) in [5, 5.41) is 11.3. The maximum atomic E-state index is 12.6. The first kappa shape index (κ1) is 20.7. The Balaban J connectivity index is 0.00000243. The van der Waals surface area contributed by atoms with Gasteiger partial charge in [0.05, 0.1) is 18.2 Å². The lowest BCUT2D eigenvalue weighted by Crippen LogP contribution is -2.44. The maximum absolute atomic E-state index is 12.6. The highest BCUT2D eigenvalue weighted by molar-refractivity contribution is 5.85. The van der Waals surface area contributed by atoms with E-state index in [4.69, 9.17) is 4.52 Å². The second-order valence-electron chi connectivity index (χ2n) is 6.35. The number of alkyl halides is 3. The largest absolute Gasteiger partial charge is 0.408 e. The van der Waals surface area contributed by atoms with Crippen molar-refractivity contribution in [3.63, 3.8) is 0 Å². The third-order valence-electron chi connectivity index (χ3n) is 4.48. The van der Waals surface area contributed by atoms with Gasteiger partial charge in [-0.15, -0.1) is 12.4 Å². The molecule has 11 heteroatoms. The Morgan fingerprint density at radius 2 is 2.04 bits per heavy atom. The van der Waals surface area contributed by atoms with E-state index in [-0.39, 0.29) is 24.9 Å². The van der Waals surface area contributed by atoms with Gasteiger partial charge in [0, 0.05) is 30.9 Å². The van der Waals surface area contributed by atoms with Gasteiger partial charge in [-0.1, -0.05) is 5.16 Å². The van der Waals surface area contributed by atoms with Crippen LogP contribution in [-0.2, 0) is 13.0 Å². The molecule has 0 spiro atoms. The minimum Gasteiger partial charge on any atom is -0.339 e. The zero-order valence-corrected chi connectivity index (χ0v) is 15.6. The van der Waals surface area contributed by atoms with Crippen LogP contribution in [0.2, 0.25) is 0 Å². The molecule has 0 radical (unpaired) electrons. The topological polar surface area (TPSA) is 72.0 Å². The van der Waals surface area contributed by atoms with E-state index in [9.17, 15) is 13.2 Å². The monoisotopic (exact) mass is 394 g/mol. The van der Waals surface area contributed by atoms with Crippen LogP contribution in [0.3, 0.4) is 0 Å². The summed E-state index contributed by atoms with van der Waals surface area (Å²) in [6, 6.07) is 0.0291. The summed E-state index contributed by atoms with van der Waals surface area (Å²) < 4.78 is 44.2. The minimum atomic E-state index is -4.31. The smallest absolute Gasteiger partial charge is 0.339 e. The lowest BCUT2D eigenvalue weighted by molar-refractivity contribution is -0.142. The van der Waals surface area contributed by atoms with Crippen molar-refractivity contribution in [2.24, 2.45) is 0 Å². The van der Waals surface area contributed by atoms with Crippen molar-refractivity contribution in [1.82, 2.24) is 30.1 Å². The van der Waals surface area contributed by atoms with Crippen molar-refractivity contribution in [3.05, 3.63) is 28.7 Å². The molecular formula is C15H22ClF3N6O. The van der Waals surface area contributed by atoms with Gasteiger partial charge in [0.2, 0.25) is 5.89 Å². The molecule has 1 aliphatic heterocycles. The highest BCUT2D eigenvalue weighted by Crippen LogP contribution is 2.23. The van der Waals surface area contributed by atoms with Crippen LogP contribution in [0.1, 0.15) is 34.7 Å². The fraction of sp³-hybridized carbons (Fsp3) is 0.667. The van der Waals surface area contributed by atoms with Gasteiger partial charge in [0.25, 0.3) is 0 Å². The molecule has 3 heterocycles. The highest BCUT2D eigenvalue weighted by atomic mass is 35.5. The van der Waals surface area contributed by atoms with Crippen molar-refractivity contribution in [2.45, 2.75) is 39.0 Å². The summed E-state index contributed by atoms with van der Waals surface area (Å²) in [7, 11) is 2.00. The van der Waals surface area contributed by atoms with Gasteiger partial charge >= 0.3 is 6.18 Å². The van der Waals surface area contributed by atoms with Crippen LogP contribution in [0.5, 0.6) is 0 Å². The van der Waals surface area contributed by atoms with Crippen molar-refractivity contribution in [3.8, 4) is 0 Å². The summed E-state index contributed by atoms with van der Waals surface area (Å²) in [6.45, 7) is 4.73. The molecule has 3 rings (SSSR count). The van der Waals surface area contributed by atoms with Gasteiger partial charge in [-0.3, -0.25) is 9.58 Å². The number of rotatable bonds is 4. The average Bonchev–Trinajstić information content (AvgIpc) is 3.07. The van der Waals surface area contributed by atoms with E-state index in [0.29, 0.717) is 28.7 Å². The zero-order valence-electron chi connectivity index (χ0n) is 14.8. The Hall–Kier alpha value is -1.65. The molecule has 1 atom stereocenters. The maximum Gasteiger partial charge on any atom is 0.408 e. The predicted molar refractivity (Wildman–Crippen MR) is 90.3 cm³/mol. The summed E-state index contributed by atoms with van der Waals surface area (Å²) in [5.74, 6) is 0.967. The van der Waals surface area contributed by atoms with Crippen molar-refractivity contribution >= 4 is 12.4 Å². The molecule has 0 bridgehead atoms. The lowest BCUT2D eigenvalue weighted by Gasteiger charge is -2.30. The summed E-state index contributed by atoms with van der Waals surface area (Å²) in [4.78, 5) is 6.57. The van der Waals surface area contributed by atoms with Crippen LogP contribution in [0.25, 0.3) is 0 Å². The number of hydrogen-bond donors (Lipinski definition) is 1. The standard InChI is InChI=1S/C15H21F3N6O.ClH/c1-9-11(10(2)24(21-9)8-15(16,17)18)6-13-20-14(22-25-13)12-7-19-4-5-23(12)3;/h12,19H,4-8H2,1-3H3;1H.